The van der Waals surface area contributed by atoms with Crippen LogP contribution < -0.4 is 0 Å². The van der Waals surface area contributed by atoms with E-state index in [2.05, 4.69) is 26.0 Å². The number of pyridine rings is 1. The highest BCUT2D eigenvalue weighted by atomic mass is 79.9. The van der Waals surface area contributed by atoms with E-state index in [0.717, 1.165) is 15.7 Å². The number of aromatic nitrogens is 3. The van der Waals surface area contributed by atoms with Crippen molar-refractivity contribution in [1.82, 2.24) is 14.8 Å². The number of hydrogen-bond donors (Lipinski definition) is 0. The zero-order valence-corrected chi connectivity index (χ0v) is 10.5. The van der Waals surface area contributed by atoms with Crippen LogP contribution in [0.1, 0.15) is 11.3 Å². The third-order valence-electron chi connectivity index (χ3n) is 1.99. The van der Waals surface area contributed by atoms with Gasteiger partial charge in [0.2, 0.25) is 0 Å². The van der Waals surface area contributed by atoms with Gasteiger partial charge in [-0.05, 0) is 34.5 Å². The van der Waals surface area contributed by atoms with E-state index in [1.165, 1.54) is 0 Å². The van der Waals surface area contributed by atoms with Gasteiger partial charge in [-0.3, -0.25) is 9.67 Å². The predicted octanol–water partition coefficient (Wildman–Crippen LogP) is 3.05. The molecule has 0 fully saturated rings. The molecule has 0 spiro atoms. The normalized spacial score (nSPS) is 10.6. The highest BCUT2D eigenvalue weighted by molar-refractivity contribution is 9.10. The zero-order valence-electron chi connectivity index (χ0n) is 8.11. The fraction of sp³-hybridized carbons (Fsp3) is 0.200. The van der Waals surface area contributed by atoms with Crippen LogP contribution in [0.4, 0.5) is 0 Å². The molecule has 0 radical (unpaired) electrons. The van der Waals surface area contributed by atoms with Crippen molar-refractivity contribution in [2.24, 2.45) is 0 Å². The first kappa shape index (κ1) is 10.6. The number of rotatable bonds is 2. The van der Waals surface area contributed by atoms with Crippen molar-refractivity contribution in [2.45, 2.75) is 13.5 Å². The Hall–Kier alpha value is -0.870. The summed E-state index contributed by atoms with van der Waals surface area (Å²) < 4.78 is 2.77. The van der Waals surface area contributed by atoms with E-state index in [1.54, 1.807) is 10.9 Å². The molecule has 2 heterocycles. The third-order valence-corrected chi connectivity index (χ3v) is 2.80. The van der Waals surface area contributed by atoms with Crippen molar-refractivity contribution in [3.05, 3.63) is 45.4 Å². The lowest BCUT2D eigenvalue weighted by molar-refractivity contribution is 0.677. The van der Waals surface area contributed by atoms with E-state index in [0.29, 0.717) is 11.6 Å². The Morgan fingerprint density at radius 3 is 2.87 bits per heavy atom. The number of aryl methyl sites for hydroxylation is 1. The number of halogens is 2. The molecule has 3 nitrogen and oxygen atoms in total. The van der Waals surface area contributed by atoms with Crippen LogP contribution in [-0.4, -0.2) is 14.8 Å². The van der Waals surface area contributed by atoms with Crippen molar-refractivity contribution >= 4 is 27.5 Å². The quantitative estimate of drug-likeness (QED) is 0.849. The molecule has 15 heavy (non-hydrogen) atoms. The van der Waals surface area contributed by atoms with Gasteiger partial charge >= 0.3 is 0 Å². The van der Waals surface area contributed by atoms with Crippen LogP contribution >= 0.6 is 27.5 Å². The molecule has 0 aliphatic heterocycles. The first-order valence-corrected chi connectivity index (χ1v) is 5.61. The molecule has 2 aromatic rings. The van der Waals surface area contributed by atoms with Gasteiger partial charge in [0.15, 0.2) is 0 Å². The summed E-state index contributed by atoms with van der Waals surface area (Å²) in [6, 6.07) is 2.01. The average molecular weight is 287 g/mol. The minimum absolute atomic E-state index is 0.681. The minimum Gasteiger partial charge on any atom is -0.266 e. The Morgan fingerprint density at radius 1 is 1.47 bits per heavy atom. The second kappa shape index (κ2) is 4.33. The Bertz CT molecular complexity index is 462. The molecule has 0 saturated heterocycles. The molecule has 0 saturated carbocycles. The lowest BCUT2D eigenvalue weighted by atomic mass is 10.3. The van der Waals surface area contributed by atoms with Crippen LogP contribution in [0.15, 0.2) is 29.1 Å². The van der Waals surface area contributed by atoms with Gasteiger partial charge in [0, 0.05) is 23.1 Å². The molecule has 0 atom stereocenters. The third kappa shape index (κ3) is 2.58. The molecule has 0 amide bonds. The van der Waals surface area contributed by atoms with Gasteiger partial charge in [-0.15, -0.1) is 0 Å². The highest BCUT2D eigenvalue weighted by Crippen LogP contribution is 2.14. The van der Waals surface area contributed by atoms with Crippen molar-refractivity contribution in [2.75, 3.05) is 0 Å². The minimum atomic E-state index is 0.681. The molecular weight excluding hydrogens is 277 g/mol. The van der Waals surface area contributed by atoms with Crippen LogP contribution in [0.2, 0.25) is 5.02 Å². The summed E-state index contributed by atoms with van der Waals surface area (Å²) in [5.74, 6) is 0. The maximum absolute atomic E-state index is 5.92. The van der Waals surface area contributed by atoms with Gasteiger partial charge < -0.3 is 0 Å². The molecule has 0 unspecified atom stereocenters. The maximum atomic E-state index is 5.92. The summed E-state index contributed by atoms with van der Waals surface area (Å²) in [6.07, 6.45) is 5.39. The van der Waals surface area contributed by atoms with Crippen LogP contribution in [0.3, 0.4) is 0 Å². The summed E-state index contributed by atoms with van der Waals surface area (Å²) in [7, 11) is 0. The van der Waals surface area contributed by atoms with Crippen LogP contribution in [0.5, 0.6) is 0 Å². The molecule has 0 aliphatic rings. The van der Waals surface area contributed by atoms with E-state index in [4.69, 9.17) is 11.6 Å². The monoisotopic (exact) mass is 285 g/mol. The molecule has 78 valence electrons. The van der Waals surface area contributed by atoms with Gasteiger partial charge in [0.05, 0.1) is 17.3 Å². The van der Waals surface area contributed by atoms with Gasteiger partial charge in [-0.2, -0.15) is 5.10 Å². The van der Waals surface area contributed by atoms with E-state index < -0.39 is 0 Å². The smallest absolute Gasteiger partial charge is 0.0815 e. The highest BCUT2D eigenvalue weighted by Gasteiger charge is 2.02. The van der Waals surface area contributed by atoms with Crippen molar-refractivity contribution in [3.8, 4) is 0 Å². The molecule has 0 N–H and O–H groups in total. The van der Waals surface area contributed by atoms with Crippen molar-refractivity contribution in [1.29, 1.82) is 0 Å². The zero-order chi connectivity index (χ0) is 10.8. The van der Waals surface area contributed by atoms with Crippen LogP contribution in [-0.2, 0) is 6.54 Å². The standard InChI is InChI=1S/C10H9BrClN3/c1-7-10(12)6-15(14-7)5-8-2-9(11)4-13-3-8/h2-4,6H,5H2,1H3. The van der Waals surface area contributed by atoms with E-state index >= 15 is 0 Å². The molecule has 2 rings (SSSR count). The van der Waals surface area contributed by atoms with Crippen LogP contribution in [0, 0.1) is 6.92 Å². The fourth-order valence-electron chi connectivity index (χ4n) is 1.30. The summed E-state index contributed by atoms with van der Waals surface area (Å²) in [4.78, 5) is 4.09. The second-order valence-corrected chi connectivity index (χ2v) is 4.59. The Labute approximate surface area is 101 Å². The summed E-state index contributed by atoms with van der Waals surface area (Å²) in [5, 5.41) is 4.97. The Morgan fingerprint density at radius 2 is 2.27 bits per heavy atom. The molecule has 0 aliphatic carbocycles. The second-order valence-electron chi connectivity index (χ2n) is 3.27. The SMILES string of the molecule is Cc1nn(Cc2cncc(Br)c2)cc1Cl. The summed E-state index contributed by atoms with van der Waals surface area (Å²) in [5.41, 5.74) is 1.93. The first-order chi connectivity index (χ1) is 7.15. The van der Waals surface area contributed by atoms with Crippen molar-refractivity contribution < 1.29 is 0 Å². The molecule has 5 heteroatoms. The molecular formula is C10H9BrClN3. The Balaban J connectivity index is 2.22. The number of nitrogens with zero attached hydrogens (tertiary/aromatic N) is 3. The molecule has 0 bridgehead atoms. The largest absolute Gasteiger partial charge is 0.266 e. The number of hydrogen-bond acceptors (Lipinski definition) is 2. The topological polar surface area (TPSA) is 30.7 Å². The van der Waals surface area contributed by atoms with E-state index in [1.807, 2.05) is 25.4 Å². The van der Waals surface area contributed by atoms with E-state index in [-0.39, 0.29) is 0 Å². The van der Waals surface area contributed by atoms with Gasteiger partial charge in [0.1, 0.15) is 0 Å². The van der Waals surface area contributed by atoms with Gasteiger partial charge in [-0.1, -0.05) is 11.6 Å². The van der Waals surface area contributed by atoms with Gasteiger partial charge in [-0.25, -0.2) is 0 Å². The molecule has 2 aromatic heterocycles. The average Bonchev–Trinajstić information content (AvgIpc) is 2.45. The van der Waals surface area contributed by atoms with Gasteiger partial charge in [0.25, 0.3) is 0 Å². The summed E-state index contributed by atoms with van der Waals surface area (Å²) in [6.45, 7) is 2.57. The first-order valence-electron chi connectivity index (χ1n) is 4.44. The summed E-state index contributed by atoms with van der Waals surface area (Å²) >= 11 is 9.30. The lowest BCUT2D eigenvalue weighted by Gasteiger charge is -2.01. The van der Waals surface area contributed by atoms with E-state index in [9.17, 15) is 0 Å². The lowest BCUT2D eigenvalue weighted by Crippen LogP contribution is -2.00. The fourth-order valence-corrected chi connectivity index (χ4v) is 1.87. The maximum Gasteiger partial charge on any atom is 0.0815 e. The predicted molar refractivity (Wildman–Crippen MR) is 63.0 cm³/mol. The van der Waals surface area contributed by atoms with Crippen molar-refractivity contribution in [3.63, 3.8) is 0 Å². The van der Waals surface area contributed by atoms with Crippen LogP contribution in [0.25, 0.3) is 0 Å². The molecule has 0 aromatic carbocycles. The Kier molecular flexibility index (Phi) is 3.07.